The van der Waals surface area contributed by atoms with Crippen LogP contribution in [-0.2, 0) is 23.9 Å². The molecule has 0 aliphatic carbocycles. The molecule has 0 saturated heterocycles. The monoisotopic (exact) mass is 903 g/mol. The van der Waals surface area contributed by atoms with Crippen LogP contribution >= 0.6 is 0 Å². The van der Waals surface area contributed by atoms with Crippen molar-refractivity contribution in [2.75, 3.05) is 13.2 Å². The van der Waals surface area contributed by atoms with Gasteiger partial charge >= 0.3 is 11.9 Å². The first-order valence-corrected chi connectivity index (χ1v) is 29.0. The lowest BCUT2D eigenvalue weighted by Gasteiger charge is -2.30. The van der Waals surface area contributed by atoms with Crippen LogP contribution in [0.3, 0.4) is 0 Å². The Kier molecular flexibility index (Phi) is 45.7. The molecule has 0 saturated carbocycles. The lowest BCUT2D eigenvalue weighted by atomic mass is 9.74. The van der Waals surface area contributed by atoms with Crippen LogP contribution in [0.2, 0.25) is 0 Å². The van der Waals surface area contributed by atoms with Crippen molar-refractivity contribution in [3.63, 3.8) is 0 Å². The van der Waals surface area contributed by atoms with Crippen molar-refractivity contribution in [2.45, 2.75) is 312 Å². The van der Waals surface area contributed by atoms with Crippen LogP contribution in [0.15, 0.2) is 0 Å². The topological polar surface area (TPSA) is 69.7 Å². The highest BCUT2D eigenvalue weighted by Crippen LogP contribution is 2.34. The molecule has 0 aromatic heterocycles. The third kappa shape index (κ3) is 37.7. The predicted molar refractivity (Wildman–Crippen MR) is 278 cm³/mol. The molecule has 4 unspecified atom stereocenters. The Labute approximate surface area is 401 Å². The summed E-state index contributed by atoms with van der Waals surface area (Å²) < 4.78 is 11.6. The highest BCUT2D eigenvalue weighted by molar-refractivity contribution is 5.83. The van der Waals surface area contributed by atoms with E-state index in [1.165, 1.54) is 193 Å². The number of ether oxygens (including phenoxy) is 2. The zero-order chi connectivity index (χ0) is 47.3. The van der Waals surface area contributed by atoms with Crippen molar-refractivity contribution in [1.82, 2.24) is 0 Å². The Bertz CT molecular complexity index is 967. The lowest BCUT2D eigenvalue weighted by Crippen LogP contribution is -2.30. The van der Waals surface area contributed by atoms with Crippen molar-refractivity contribution >= 4 is 17.7 Å². The summed E-state index contributed by atoms with van der Waals surface area (Å²) in [4.78, 5) is 39.7. The van der Waals surface area contributed by atoms with Crippen LogP contribution in [0.4, 0.5) is 0 Å². The number of hydrogen-bond donors (Lipinski definition) is 0. The van der Waals surface area contributed by atoms with Crippen LogP contribution in [0.25, 0.3) is 0 Å². The van der Waals surface area contributed by atoms with Gasteiger partial charge in [0.15, 0.2) is 0 Å². The summed E-state index contributed by atoms with van der Waals surface area (Å²) in [5.41, 5.74) is 0. The fraction of sp³-hybridized carbons (Fsp3) is 0.949. The third-order valence-corrected chi connectivity index (χ3v) is 14.5. The van der Waals surface area contributed by atoms with E-state index in [0.29, 0.717) is 55.5 Å². The van der Waals surface area contributed by atoms with Gasteiger partial charge < -0.3 is 9.47 Å². The number of carbonyl (C=O) groups is 3. The van der Waals surface area contributed by atoms with Crippen LogP contribution in [0.5, 0.6) is 0 Å². The van der Waals surface area contributed by atoms with E-state index < -0.39 is 0 Å². The van der Waals surface area contributed by atoms with Crippen molar-refractivity contribution < 1.29 is 23.9 Å². The quantitative estimate of drug-likeness (QED) is 0.0449. The smallest absolute Gasteiger partial charge is 0.305 e. The molecule has 0 bridgehead atoms. The molecule has 0 heterocycles. The van der Waals surface area contributed by atoms with Crippen molar-refractivity contribution in [2.24, 2.45) is 35.5 Å². The van der Waals surface area contributed by atoms with Gasteiger partial charge in [-0.15, -0.1) is 0 Å². The third-order valence-electron chi connectivity index (χ3n) is 14.5. The van der Waals surface area contributed by atoms with E-state index in [9.17, 15) is 14.4 Å². The van der Waals surface area contributed by atoms with Gasteiger partial charge in [-0.3, -0.25) is 14.4 Å². The van der Waals surface area contributed by atoms with Crippen LogP contribution in [0.1, 0.15) is 312 Å². The minimum Gasteiger partial charge on any atom is -0.465 e. The van der Waals surface area contributed by atoms with Gasteiger partial charge in [0.1, 0.15) is 5.78 Å². The van der Waals surface area contributed by atoms with Gasteiger partial charge in [-0.05, 0) is 94.3 Å². The molecular formula is C59H114O5. The molecule has 0 N–H and O–H groups in total. The summed E-state index contributed by atoms with van der Waals surface area (Å²) in [5, 5.41) is 0. The number of unbranched alkanes of at least 4 members (excludes halogenated alkanes) is 20. The average molecular weight is 904 g/mol. The second-order valence-electron chi connectivity index (χ2n) is 21.1. The van der Waals surface area contributed by atoms with Gasteiger partial charge in [0.05, 0.1) is 13.2 Å². The van der Waals surface area contributed by atoms with E-state index in [2.05, 4.69) is 55.4 Å². The van der Waals surface area contributed by atoms with Gasteiger partial charge in [-0.25, -0.2) is 0 Å². The van der Waals surface area contributed by atoms with Gasteiger partial charge in [0.2, 0.25) is 0 Å². The molecular weight excluding hydrogens is 789 g/mol. The van der Waals surface area contributed by atoms with Crippen molar-refractivity contribution in [1.29, 1.82) is 0 Å². The maximum atomic E-state index is 14.4. The molecule has 4 atom stereocenters. The highest BCUT2D eigenvalue weighted by atomic mass is 16.5. The van der Waals surface area contributed by atoms with Crippen LogP contribution < -0.4 is 0 Å². The molecule has 5 heteroatoms. The Morgan fingerprint density at radius 3 is 1.14 bits per heavy atom. The molecule has 5 nitrogen and oxygen atoms in total. The largest absolute Gasteiger partial charge is 0.465 e. The fourth-order valence-corrected chi connectivity index (χ4v) is 10.1. The van der Waals surface area contributed by atoms with Gasteiger partial charge in [-0.2, -0.15) is 0 Å². The summed E-state index contributed by atoms with van der Waals surface area (Å²) in [6.07, 6.45) is 46.1. The van der Waals surface area contributed by atoms with Gasteiger partial charge in [-0.1, -0.05) is 229 Å². The molecule has 0 spiro atoms. The Balaban J connectivity index is 5.06. The number of Topliss-reactive ketones (excluding diaryl/α,β-unsaturated/α-hetero) is 1. The van der Waals surface area contributed by atoms with E-state index in [1.54, 1.807) is 0 Å². The van der Waals surface area contributed by atoms with Gasteiger partial charge in [0, 0.05) is 24.7 Å². The maximum Gasteiger partial charge on any atom is 0.305 e. The molecule has 0 aliphatic rings. The van der Waals surface area contributed by atoms with Crippen molar-refractivity contribution in [3.8, 4) is 0 Å². The second-order valence-corrected chi connectivity index (χ2v) is 21.1. The molecule has 0 rings (SSSR count). The highest BCUT2D eigenvalue weighted by Gasteiger charge is 2.31. The normalized spacial score (nSPS) is 14.1. The zero-order valence-corrected chi connectivity index (χ0v) is 44.7. The number of hydrogen-bond acceptors (Lipinski definition) is 5. The van der Waals surface area contributed by atoms with E-state index in [4.69, 9.17) is 9.47 Å². The summed E-state index contributed by atoms with van der Waals surface area (Å²) in [5.74, 6) is 3.24. The Morgan fingerprint density at radius 1 is 0.359 bits per heavy atom. The molecule has 0 amide bonds. The molecule has 0 aliphatic heterocycles. The zero-order valence-electron chi connectivity index (χ0n) is 44.7. The summed E-state index contributed by atoms with van der Waals surface area (Å²) in [6, 6.07) is 0. The lowest BCUT2D eigenvalue weighted by molar-refractivity contribution is -0.146. The molecule has 64 heavy (non-hydrogen) atoms. The number of carbonyl (C=O) groups excluding carboxylic acids is 3. The van der Waals surface area contributed by atoms with E-state index in [1.807, 2.05) is 0 Å². The molecule has 0 radical (unpaired) electrons. The molecule has 380 valence electrons. The van der Waals surface area contributed by atoms with E-state index in [-0.39, 0.29) is 23.8 Å². The summed E-state index contributed by atoms with van der Waals surface area (Å²) in [7, 11) is 0. The Hall–Kier alpha value is -1.39. The van der Waals surface area contributed by atoms with E-state index in [0.717, 1.165) is 51.4 Å². The number of ketones is 1. The maximum absolute atomic E-state index is 14.4. The minimum atomic E-state index is 0.000664. The molecule has 0 aromatic rings. The number of esters is 2. The van der Waals surface area contributed by atoms with Gasteiger partial charge in [0.25, 0.3) is 0 Å². The SMILES string of the molecule is CCCCCCC(CCCC)COC(=O)CCCCCCCCC(CCCCCCCCC(=O)OCC(CCCC)CCCCCC)C(CCCC(C)C)C(=O)C(CC)CCCCC. The van der Waals surface area contributed by atoms with Crippen LogP contribution in [0, 0.1) is 35.5 Å². The van der Waals surface area contributed by atoms with Crippen LogP contribution in [-0.4, -0.2) is 30.9 Å². The Morgan fingerprint density at radius 2 is 0.719 bits per heavy atom. The van der Waals surface area contributed by atoms with Crippen molar-refractivity contribution in [3.05, 3.63) is 0 Å². The summed E-state index contributed by atoms with van der Waals surface area (Å²) >= 11 is 0. The average Bonchev–Trinajstić information content (AvgIpc) is 3.28. The first-order chi connectivity index (χ1) is 31.2. The second kappa shape index (κ2) is 46.7. The molecule has 0 aromatic carbocycles. The first-order valence-electron chi connectivity index (χ1n) is 29.0. The predicted octanol–water partition coefficient (Wildman–Crippen LogP) is 19.1. The molecule has 0 fully saturated rings. The minimum absolute atomic E-state index is 0.000664. The van der Waals surface area contributed by atoms with E-state index >= 15 is 0 Å². The summed E-state index contributed by atoms with van der Waals surface area (Å²) in [6.45, 7) is 19.4. The number of rotatable bonds is 50. The first kappa shape index (κ1) is 62.6. The fourth-order valence-electron chi connectivity index (χ4n) is 10.1. The standard InChI is InChI=1S/C59H114O5/c1-9-15-20-31-41-52(39-18-12-4)49-63-57(60)47-35-28-24-22-26-33-44-55(56(46-37-38-51(7)8)59(62)54(14-6)43-30-17-11-3)45-34-27-23-25-29-36-48-58(61)64-50-53(40-19-13-5)42-32-21-16-10-2/h51-56H,9-50H2,1-8H3.